The highest BCUT2D eigenvalue weighted by atomic mass is 79.9. The first-order valence-electron chi connectivity index (χ1n) is 9.80. The molecule has 0 bridgehead atoms. The third-order valence-electron chi connectivity index (χ3n) is 3.67. The molecule has 29 heavy (non-hydrogen) atoms. The molecule has 2 aromatic carbocycles. The van der Waals surface area contributed by atoms with Gasteiger partial charge in [-0.3, -0.25) is 4.79 Å². The van der Waals surface area contributed by atoms with Crippen LogP contribution in [0.5, 0.6) is 5.75 Å². The van der Waals surface area contributed by atoms with E-state index in [-0.39, 0.29) is 12.4 Å². The number of fused-ring (bicyclic) bond motifs is 1. The lowest BCUT2D eigenvalue weighted by Gasteiger charge is -2.10. The molecule has 0 N–H and O–H groups in total. The normalized spacial score (nSPS) is 9.76. The fourth-order valence-corrected chi connectivity index (χ4v) is 3.44. The quantitative estimate of drug-likeness (QED) is 0.339. The average molecular weight is 484 g/mol. The van der Waals surface area contributed by atoms with Crippen molar-refractivity contribution in [2.24, 2.45) is 0 Å². The van der Waals surface area contributed by atoms with Gasteiger partial charge >= 0.3 is 5.97 Å². The Morgan fingerprint density at radius 2 is 1.79 bits per heavy atom. The zero-order valence-electron chi connectivity index (χ0n) is 17.6. The number of para-hydroxylation sites is 1. The summed E-state index contributed by atoms with van der Waals surface area (Å²) in [5.41, 5.74) is 2.39. The van der Waals surface area contributed by atoms with E-state index in [1.165, 1.54) is 0 Å². The molecular weight excluding hydrogens is 456 g/mol. The Kier molecular flexibility index (Phi) is 11.5. The molecule has 3 rings (SSSR count). The van der Waals surface area contributed by atoms with Gasteiger partial charge in [0.15, 0.2) is 0 Å². The minimum absolute atomic E-state index is 0.174. The number of furan rings is 1. The lowest BCUT2D eigenvalue weighted by molar-refractivity contribution is -0.142. The van der Waals surface area contributed by atoms with Crippen LogP contribution < -0.4 is 4.74 Å². The van der Waals surface area contributed by atoms with Crippen molar-refractivity contribution in [3.8, 4) is 5.75 Å². The maximum atomic E-state index is 11.7. The molecule has 0 saturated heterocycles. The van der Waals surface area contributed by atoms with Gasteiger partial charge in [-0.25, -0.2) is 0 Å². The van der Waals surface area contributed by atoms with Gasteiger partial charge in [-0.15, -0.1) is 0 Å². The number of hydrogen-bond acceptors (Lipinski definition) is 4. The number of esters is 1. The largest absolute Gasteiger partial charge is 0.488 e. The van der Waals surface area contributed by atoms with Crippen molar-refractivity contribution < 1.29 is 18.7 Å². The minimum atomic E-state index is -0.275. The molecule has 0 aliphatic heterocycles. The lowest BCUT2D eigenvalue weighted by atomic mass is 10.1. The summed E-state index contributed by atoms with van der Waals surface area (Å²) in [7, 11) is 0. The monoisotopic (exact) mass is 482 g/mol. The van der Waals surface area contributed by atoms with E-state index in [0.29, 0.717) is 24.0 Å². The second-order valence-electron chi connectivity index (χ2n) is 5.40. The minimum Gasteiger partial charge on any atom is -0.488 e. The van der Waals surface area contributed by atoms with Crippen molar-refractivity contribution in [2.45, 2.75) is 47.6 Å². The summed E-state index contributed by atoms with van der Waals surface area (Å²) in [6, 6.07) is 11.0. The Morgan fingerprint density at radius 3 is 2.48 bits per heavy atom. The summed E-state index contributed by atoms with van der Waals surface area (Å²) in [6.07, 6.45) is 1.83. The average Bonchev–Trinajstić information content (AvgIpc) is 3.14. The van der Waals surface area contributed by atoms with Crippen molar-refractivity contribution in [3.05, 3.63) is 63.3 Å². The molecule has 0 aliphatic rings. The SMILES string of the molecule is CC.CC.CCOC(=O)Cc1ccccc1OCc1coc2c(Br)cc(Cl)cc12. The van der Waals surface area contributed by atoms with E-state index in [0.717, 1.165) is 26.6 Å². The van der Waals surface area contributed by atoms with Crippen molar-refractivity contribution in [1.29, 1.82) is 0 Å². The first-order valence-corrected chi connectivity index (χ1v) is 11.0. The Labute approximate surface area is 186 Å². The van der Waals surface area contributed by atoms with Gasteiger partial charge in [0.25, 0.3) is 0 Å². The van der Waals surface area contributed by atoms with Crippen LogP contribution in [0.3, 0.4) is 0 Å². The maximum absolute atomic E-state index is 11.7. The number of halogens is 2. The molecular formula is C23H28BrClO4. The molecule has 3 aromatic rings. The van der Waals surface area contributed by atoms with Crippen LogP contribution in [0.15, 0.2) is 51.6 Å². The number of carbonyl (C=O) groups is 1. The second-order valence-corrected chi connectivity index (χ2v) is 6.69. The predicted molar refractivity (Wildman–Crippen MR) is 123 cm³/mol. The molecule has 4 nitrogen and oxygen atoms in total. The summed E-state index contributed by atoms with van der Waals surface area (Å²) >= 11 is 9.56. The third-order valence-corrected chi connectivity index (χ3v) is 4.48. The lowest BCUT2D eigenvalue weighted by Crippen LogP contribution is -2.09. The zero-order valence-corrected chi connectivity index (χ0v) is 19.9. The van der Waals surface area contributed by atoms with Gasteiger partial charge in [-0.1, -0.05) is 57.5 Å². The van der Waals surface area contributed by atoms with Gasteiger partial charge in [-0.2, -0.15) is 0 Å². The summed E-state index contributed by atoms with van der Waals surface area (Å²) < 4.78 is 17.3. The molecule has 0 spiro atoms. The zero-order chi connectivity index (χ0) is 21.8. The van der Waals surface area contributed by atoms with E-state index >= 15 is 0 Å². The van der Waals surface area contributed by atoms with E-state index < -0.39 is 0 Å². The molecule has 0 saturated carbocycles. The Bertz CT molecular complexity index is 905. The molecule has 0 unspecified atom stereocenters. The van der Waals surface area contributed by atoms with Crippen LogP contribution in [0, 0.1) is 0 Å². The number of benzene rings is 2. The fraction of sp³-hybridized carbons (Fsp3) is 0.348. The molecule has 0 aliphatic carbocycles. The first kappa shape index (κ1) is 25.1. The topological polar surface area (TPSA) is 48.7 Å². The smallest absolute Gasteiger partial charge is 0.310 e. The number of carbonyl (C=O) groups excluding carboxylic acids is 1. The van der Waals surface area contributed by atoms with Crippen LogP contribution in [-0.2, 0) is 22.6 Å². The van der Waals surface area contributed by atoms with E-state index in [2.05, 4.69) is 15.9 Å². The van der Waals surface area contributed by atoms with Crippen LogP contribution in [0.1, 0.15) is 45.7 Å². The molecule has 0 fully saturated rings. The van der Waals surface area contributed by atoms with Crippen LogP contribution >= 0.6 is 27.5 Å². The number of rotatable bonds is 6. The fourth-order valence-electron chi connectivity index (χ4n) is 2.54. The standard InChI is InChI=1S/C19H16BrClO4.2C2H6/c1-2-23-18(22)7-12-5-3-4-6-17(12)24-10-13-11-25-19-15(13)8-14(21)9-16(19)20;2*1-2/h3-6,8-9,11H,2,7,10H2,1H3;2*1-2H3. The highest BCUT2D eigenvalue weighted by Gasteiger charge is 2.13. The molecule has 1 heterocycles. The predicted octanol–water partition coefficient (Wildman–Crippen LogP) is 7.59. The van der Waals surface area contributed by atoms with Crippen LogP contribution in [0.4, 0.5) is 0 Å². The molecule has 0 amide bonds. The van der Waals surface area contributed by atoms with Gasteiger partial charge < -0.3 is 13.9 Å². The number of ether oxygens (including phenoxy) is 2. The Hall–Kier alpha value is -1.98. The second kappa shape index (κ2) is 13.3. The summed E-state index contributed by atoms with van der Waals surface area (Å²) in [5, 5.41) is 1.51. The van der Waals surface area contributed by atoms with Crippen molar-refractivity contribution >= 4 is 44.5 Å². The number of hydrogen-bond donors (Lipinski definition) is 0. The van der Waals surface area contributed by atoms with Crippen LogP contribution in [0.2, 0.25) is 5.02 Å². The van der Waals surface area contributed by atoms with Gasteiger partial charge in [0.1, 0.15) is 17.9 Å². The van der Waals surface area contributed by atoms with Gasteiger partial charge in [0.2, 0.25) is 0 Å². The summed E-state index contributed by atoms with van der Waals surface area (Å²) in [6.45, 7) is 10.5. The highest BCUT2D eigenvalue weighted by molar-refractivity contribution is 9.10. The summed E-state index contributed by atoms with van der Waals surface area (Å²) in [5.74, 6) is 0.369. The summed E-state index contributed by atoms with van der Waals surface area (Å²) in [4.78, 5) is 11.7. The van der Waals surface area contributed by atoms with E-state index in [9.17, 15) is 4.79 Å². The Balaban J connectivity index is 0.000000989. The maximum Gasteiger partial charge on any atom is 0.310 e. The van der Waals surface area contributed by atoms with Crippen molar-refractivity contribution in [2.75, 3.05) is 6.61 Å². The molecule has 6 heteroatoms. The highest BCUT2D eigenvalue weighted by Crippen LogP contribution is 2.32. The third kappa shape index (κ3) is 7.09. The van der Waals surface area contributed by atoms with Crippen LogP contribution in [-0.4, -0.2) is 12.6 Å². The Morgan fingerprint density at radius 1 is 1.10 bits per heavy atom. The van der Waals surface area contributed by atoms with Crippen LogP contribution in [0.25, 0.3) is 11.0 Å². The molecule has 158 valence electrons. The van der Waals surface area contributed by atoms with E-state index in [4.69, 9.17) is 25.5 Å². The van der Waals surface area contributed by atoms with E-state index in [1.807, 2.05) is 58.0 Å². The van der Waals surface area contributed by atoms with E-state index in [1.54, 1.807) is 19.3 Å². The molecule has 0 radical (unpaired) electrons. The first-order chi connectivity index (χ1) is 14.1. The molecule has 0 atom stereocenters. The molecule has 1 aromatic heterocycles. The van der Waals surface area contributed by atoms with Crippen molar-refractivity contribution in [3.63, 3.8) is 0 Å². The van der Waals surface area contributed by atoms with Crippen molar-refractivity contribution in [1.82, 2.24) is 0 Å². The van der Waals surface area contributed by atoms with Gasteiger partial charge in [0, 0.05) is 21.5 Å². The van der Waals surface area contributed by atoms with Gasteiger partial charge in [-0.05, 0) is 41.1 Å². The van der Waals surface area contributed by atoms with Gasteiger partial charge in [0.05, 0.1) is 23.8 Å².